The largest absolute Gasteiger partial charge is 0.481 e. The molecule has 120 valence electrons. The maximum Gasteiger partial charge on any atom is 0.315 e. The van der Waals surface area contributed by atoms with Gasteiger partial charge in [-0.15, -0.1) is 0 Å². The standard InChI is InChI=1S/C14H25N3O4/c1-14(2,7-5-12(19)20)16-13(21)15-8-6-11(18)17-9-3-4-10-17/h3-10H2,1-2H3,(H,19,20)(H2,15,16,21). The van der Waals surface area contributed by atoms with Crippen molar-refractivity contribution in [3.05, 3.63) is 0 Å². The van der Waals surface area contributed by atoms with Gasteiger partial charge in [0.1, 0.15) is 0 Å². The van der Waals surface area contributed by atoms with Gasteiger partial charge in [0.15, 0.2) is 0 Å². The first-order valence-electron chi connectivity index (χ1n) is 7.36. The first-order chi connectivity index (χ1) is 9.80. The van der Waals surface area contributed by atoms with Crippen LogP contribution in [0.15, 0.2) is 0 Å². The minimum absolute atomic E-state index is 0.000720. The third-order valence-corrected chi connectivity index (χ3v) is 3.50. The van der Waals surface area contributed by atoms with Crippen LogP contribution in [-0.2, 0) is 9.59 Å². The number of carbonyl (C=O) groups excluding carboxylic acids is 2. The molecule has 3 amide bonds. The number of hydrogen-bond donors (Lipinski definition) is 3. The molecule has 0 radical (unpaired) electrons. The summed E-state index contributed by atoms with van der Waals surface area (Å²) in [5, 5.41) is 14.0. The van der Waals surface area contributed by atoms with Crippen LogP contribution in [0.4, 0.5) is 4.79 Å². The van der Waals surface area contributed by atoms with Gasteiger partial charge in [0.05, 0.1) is 0 Å². The highest BCUT2D eigenvalue weighted by Crippen LogP contribution is 2.11. The summed E-state index contributed by atoms with van der Waals surface area (Å²) in [4.78, 5) is 35.8. The second-order valence-electron chi connectivity index (χ2n) is 6.00. The first kappa shape index (κ1) is 17.3. The fraction of sp³-hybridized carbons (Fsp3) is 0.786. The third kappa shape index (κ3) is 6.97. The molecule has 0 unspecified atom stereocenters. The van der Waals surface area contributed by atoms with Gasteiger partial charge in [-0.3, -0.25) is 9.59 Å². The number of amides is 3. The van der Waals surface area contributed by atoms with Gasteiger partial charge in [-0.05, 0) is 33.1 Å². The molecule has 0 aromatic carbocycles. The molecule has 1 rings (SSSR count). The molecule has 1 fully saturated rings. The number of nitrogens with one attached hydrogen (secondary N) is 2. The predicted octanol–water partition coefficient (Wildman–Crippen LogP) is 0.942. The molecule has 0 aromatic rings. The minimum atomic E-state index is -0.888. The van der Waals surface area contributed by atoms with E-state index in [-0.39, 0.29) is 24.9 Å². The quantitative estimate of drug-likeness (QED) is 0.651. The van der Waals surface area contributed by atoms with Crippen LogP contribution in [0.5, 0.6) is 0 Å². The van der Waals surface area contributed by atoms with Crippen LogP contribution in [-0.4, -0.2) is 53.1 Å². The molecule has 3 N–H and O–H groups in total. The van der Waals surface area contributed by atoms with Crippen LogP contribution >= 0.6 is 0 Å². The van der Waals surface area contributed by atoms with Gasteiger partial charge in [0.25, 0.3) is 0 Å². The lowest BCUT2D eigenvalue weighted by molar-refractivity contribution is -0.137. The molecule has 21 heavy (non-hydrogen) atoms. The molecular formula is C14H25N3O4. The molecule has 0 aromatic heterocycles. The second kappa shape index (κ2) is 7.85. The summed E-state index contributed by atoms with van der Waals surface area (Å²) in [6.07, 6.45) is 2.75. The maximum absolute atomic E-state index is 11.8. The van der Waals surface area contributed by atoms with E-state index in [0.29, 0.717) is 12.8 Å². The van der Waals surface area contributed by atoms with Crippen molar-refractivity contribution in [1.29, 1.82) is 0 Å². The fourth-order valence-corrected chi connectivity index (χ4v) is 2.24. The molecule has 1 saturated heterocycles. The van der Waals surface area contributed by atoms with Crippen molar-refractivity contribution in [2.24, 2.45) is 0 Å². The normalized spacial score (nSPS) is 14.9. The number of likely N-dealkylation sites (tertiary alicyclic amines) is 1. The Morgan fingerprint density at radius 1 is 1.14 bits per heavy atom. The minimum Gasteiger partial charge on any atom is -0.481 e. The van der Waals surface area contributed by atoms with E-state index in [2.05, 4.69) is 10.6 Å². The highest BCUT2D eigenvalue weighted by Gasteiger charge is 2.22. The van der Waals surface area contributed by atoms with Crippen molar-refractivity contribution < 1.29 is 19.5 Å². The first-order valence-corrected chi connectivity index (χ1v) is 7.36. The Hall–Kier alpha value is -1.79. The van der Waals surface area contributed by atoms with E-state index in [9.17, 15) is 14.4 Å². The zero-order valence-electron chi connectivity index (χ0n) is 12.8. The molecule has 0 saturated carbocycles. The monoisotopic (exact) mass is 299 g/mol. The lowest BCUT2D eigenvalue weighted by Crippen LogP contribution is -2.49. The predicted molar refractivity (Wildman–Crippen MR) is 77.9 cm³/mol. The van der Waals surface area contributed by atoms with Gasteiger partial charge < -0.3 is 20.6 Å². The molecular weight excluding hydrogens is 274 g/mol. The van der Waals surface area contributed by atoms with E-state index >= 15 is 0 Å². The lowest BCUT2D eigenvalue weighted by Gasteiger charge is -2.25. The molecule has 0 atom stereocenters. The molecule has 0 aliphatic carbocycles. The van der Waals surface area contributed by atoms with E-state index in [1.807, 2.05) is 4.90 Å². The topological polar surface area (TPSA) is 98.7 Å². The summed E-state index contributed by atoms with van der Waals surface area (Å²) in [5.74, 6) is -0.820. The van der Waals surface area contributed by atoms with Gasteiger partial charge >= 0.3 is 12.0 Å². The molecule has 1 heterocycles. The van der Waals surface area contributed by atoms with E-state index in [1.165, 1.54) is 0 Å². The lowest BCUT2D eigenvalue weighted by atomic mass is 9.99. The highest BCUT2D eigenvalue weighted by molar-refractivity contribution is 5.78. The summed E-state index contributed by atoms with van der Waals surface area (Å²) in [6, 6.07) is -0.375. The van der Waals surface area contributed by atoms with Gasteiger partial charge in [-0.25, -0.2) is 4.79 Å². The molecule has 1 aliphatic rings. The Kier molecular flexibility index (Phi) is 6.45. The van der Waals surface area contributed by atoms with Gasteiger partial charge in [0, 0.05) is 38.0 Å². The van der Waals surface area contributed by atoms with Crippen molar-refractivity contribution in [2.45, 2.75) is 51.5 Å². The Labute approximate surface area is 125 Å². The molecule has 0 bridgehead atoms. The van der Waals surface area contributed by atoms with Gasteiger partial charge in [-0.2, -0.15) is 0 Å². The SMILES string of the molecule is CC(C)(CCC(=O)O)NC(=O)NCCC(=O)N1CCCC1. The van der Waals surface area contributed by atoms with Gasteiger partial charge in [-0.1, -0.05) is 0 Å². The second-order valence-corrected chi connectivity index (χ2v) is 6.00. The van der Waals surface area contributed by atoms with Crippen molar-refractivity contribution in [1.82, 2.24) is 15.5 Å². The van der Waals surface area contributed by atoms with Crippen LogP contribution in [0.2, 0.25) is 0 Å². The fourth-order valence-electron chi connectivity index (χ4n) is 2.24. The van der Waals surface area contributed by atoms with Crippen LogP contribution in [0.1, 0.15) is 46.0 Å². The Balaban J connectivity index is 2.20. The number of carbonyl (C=O) groups is 3. The number of hydrogen-bond acceptors (Lipinski definition) is 3. The number of urea groups is 1. The molecule has 7 heteroatoms. The summed E-state index contributed by atoms with van der Waals surface area (Å²) in [6.45, 7) is 5.45. The number of carboxylic acids is 1. The smallest absolute Gasteiger partial charge is 0.315 e. The van der Waals surface area contributed by atoms with Crippen molar-refractivity contribution in [3.63, 3.8) is 0 Å². The van der Waals surface area contributed by atoms with Crippen LogP contribution < -0.4 is 10.6 Å². The van der Waals surface area contributed by atoms with E-state index in [0.717, 1.165) is 25.9 Å². The molecule has 1 aliphatic heterocycles. The summed E-state index contributed by atoms with van der Waals surface area (Å²) < 4.78 is 0. The third-order valence-electron chi connectivity index (χ3n) is 3.50. The van der Waals surface area contributed by atoms with E-state index in [1.54, 1.807) is 13.8 Å². The zero-order valence-corrected chi connectivity index (χ0v) is 12.8. The average molecular weight is 299 g/mol. The van der Waals surface area contributed by atoms with E-state index < -0.39 is 11.5 Å². The average Bonchev–Trinajstić information content (AvgIpc) is 2.89. The van der Waals surface area contributed by atoms with Crippen molar-refractivity contribution >= 4 is 17.9 Å². The van der Waals surface area contributed by atoms with Gasteiger partial charge in [0.2, 0.25) is 5.91 Å². The summed E-state index contributed by atoms with van der Waals surface area (Å²) in [7, 11) is 0. The summed E-state index contributed by atoms with van der Waals surface area (Å²) in [5.41, 5.74) is -0.596. The van der Waals surface area contributed by atoms with Crippen molar-refractivity contribution in [3.8, 4) is 0 Å². The number of carboxylic acid groups (broad SMARTS) is 1. The number of nitrogens with zero attached hydrogens (tertiary/aromatic N) is 1. The van der Waals surface area contributed by atoms with Crippen LogP contribution in [0.3, 0.4) is 0 Å². The van der Waals surface area contributed by atoms with Crippen LogP contribution in [0.25, 0.3) is 0 Å². The molecule has 0 spiro atoms. The van der Waals surface area contributed by atoms with E-state index in [4.69, 9.17) is 5.11 Å². The highest BCUT2D eigenvalue weighted by atomic mass is 16.4. The molecule has 7 nitrogen and oxygen atoms in total. The van der Waals surface area contributed by atoms with Crippen molar-refractivity contribution in [2.75, 3.05) is 19.6 Å². The Bertz CT molecular complexity index is 390. The summed E-state index contributed by atoms with van der Waals surface area (Å²) >= 11 is 0. The van der Waals surface area contributed by atoms with Crippen LogP contribution in [0, 0.1) is 0 Å². The number of rotatable bonds is 7. The Morgan fingerprint density at radius 3 is 2.33 bits per heavy atom. The zero-order chi connectivity index (χ0) is 15.9. The number of aliphatic carboxylic acids is 1. The maximum atomic E-state index is 11.8. The Morgan fingerprint density at radius 2 is 1.76 bits per heavy atom.